The largest absolute Gasteiger partial charge is 0.480 e. The molecule has 13 nitrogen and oxygen atoms in total. The zero-order chi connectivity index (χ0) is 36.5. The Labute approximate surface area is 291 Å². The van der Waals surface area contributed by atoms with Gasteiger partial charge in [-0.25, -0.2) is 19.7 Å². The van der Waals surface area contributed by atoms with Crippen molar-refractivity contribution in [1.82, 2.24) is 15.0 Å². The molecule has 0 amide bonds. The molecule has 17 heteroatoms. The number of ether oxygens (including phenoxy) is 3. The number of alkyl halides is 3. The second-order valence-electron chi connectivity index (χ2n) is 14.3. The second kappa shape index (κ2) is 12.5. The Morgan fingerprint density at radius 3 is 2.53 bits per heavy atom. The number of aliphatic hydroxyl groups is 1. The molecule has 271 valence electrons. The molecule has 3 aromatic heterocycles. The van der Waals surface area contributed by atoms with Crippen LogP contribution < -0.4 is 20.0 Å². The minimum atomic E-state index is -4.91. The highest BCUT2D eigenvalue weighted by atomic mass is 19.4. The van der Waals surface area contributed by atoms with Gasteiger partial charge in [0.25, 0.3) is 0 Å². The van der Waals surface area contributed by atoms with E-state index in [-0.39, 0.29) is 47.4 Å². The SMILES string of the molecule is C[C@@H]1N(c2cc([B]OC(C)(C)C(C)(C)O)cnc2OC2C[C@@H](C(=O)O)N(c3nc(C(F)(F)F)nc4c3oc3ccccc34)C2)CCOC12COC2. The number of anilines is 2. The number of furan rings is 1. The number of benzene rings is 1. The Bertz CT molecular complexity index is 1960. The van der Waals surface area contributed by atoms with Gasteiger partial charge in [-0.3, -0.25) is 0 Å². The molecule has 3 aliphatic heterocycles. The van der Waals surface area contributed by atoms with Crippen molar-refractivity contribution in [3.8, 4) is 5.88 Å². The van der Waals surface area contributed by atoms with Gasteiger partial charge in [0, 0.05) is 24.5 Å². The fraction of sp³-hybridized carbons (Fsp3) is 0.529. The van der Waals surface area contributed by atoms with Crippen LogP contribution >= 0.6 is 0 Å². The summed E-state index contributed by atoms with van der Waals surface area (Å²) in [6.07, 6.45) is -4.28. The van der Waals surface area contributed by atoms with Crippen LogP contribution in [0.15, 0.2) is 40.9 Å². The van der Waals surface area contributed by atoms with E-state index in [2.05, 4.69) is 19.9 Å². The molecule has 3 aliphatic rings. The van der Waals surface area contributed by atoms with Crippen LogP contribution in [0.1, 0.15) is 46.9 Å². The van der Waals surface area contributed by atoms with Gasteiger partial charge in [0.15, 0.2) is 11.4 Å². The smallest absolute Gasteiger partial charge is 0.451 e. The Morgan fingerprint density at radius 1 is 1.12 bits per heavy atom. The maximum Gasteiger partial charge on any atom is 0.451 e. The van der Waals surface area contributed by atoms with Gasteiger partial charge in [-0.15, -0.1) is 0 Å². The minimum absolute atomic E-state index is 0.0565. The number of para-hydroxylation sites is 1. The molecular formula is C34H38BF3N5O8. The lowest BCUT2D eigenvalue weighted by Gasteiger charge is -2.53. The predicted molar refractivity (Wildman–Crippen MR) is 180 cm³/mol. The summed E-state index contributed by atoms with van der Waals surface area (Å²) in [5, 5.41) is 21.2. The first kappa shape index (κ1) is 35.2. The molecule has 3 saturated heterocycles. The van der Waals surface area contributed by atoms with Crippen molar-refractivity contribution in [2.45, 2.75) is 82.2 Å². The van der Waals surface area contributed by atoms with Crippen LogP contribution in [0.2, 0.25) is 0 Å². The monoisotopic (exact) mass is 712 g/mol. The number of nitrogens with zero attached hydrogens (tertiary/aromatic N) is 5. The number of halogens is 3. The molecule has 51 heavy (non-hydrogen) atoms. The van der Waals surface area contributed by atoms with E-state index in [1.807, 2.05) is 13.0 Å². The summed E-state index contributed by atoms with van der Waals surface area (Å²) < 4.78 is 72.3. The van der Waals surface area contributed by atoms with Crippen LogP contribution in [0.3, 0.4) is 0 Å². The van der Waals surface area contributed by atoms with Crippen LogP contribution in [0.25, 0.3) is 22.1 Å². The number of carboxylic acid groups (broad SMARTS) is 1. The number of rotatable bonds is 9. The molecule has 1 unspecified atom stereocenters. The van der Waals surface area contributed by atoms with Crippen molar-refractivity contribution in [3.63, 3.8) is 0 Å². The minimum Gasteiger partial charge on any atom is -0.480 e. The van der Waals surface area contributed by atoms with Crippen molar-refractivity contribution in [1.29, 1.82) is 0 Å². The summed E-state index contributed by atoms with van der Waals surface area (Å²) in [7, 11) is 1.51. The Balaban J connectivity index is 1.24. The van der Waals surface area contributed by atoms with E-state index in [0.29, 0.717) is 42.9 Å². The number of aromatic nitrogens is 3. The normalized spacial score (nSPS) is 22.5. The summed E-state index contributed by atoms with van der Waals surface area (Å²) in [5.74, 6) is -2.77. The lowest BCUT2D eigenvalue weighted by Crippen LogP contribution is -2.68. The Hall–Kier alpha value is -4.19. The third-order valence-corrected chi connectivity index (χ3v) is 10.3. The lowest BCUT2D eigenvalue weighted by atomic mass is 9.83. The van der Waals surface area contributed by atoms with Gasteiger partial charge < -0.3 is 43.3 Å². The van der Waals surface area contributed by atoms with Crippen molar-refractivity contribution < 1.29 is 51.5 Å². The molecule has 0 saturated carbocycles. The first-order chi connectivity index (χ1) is 24.0. The van der Waals surface area contributed by atoms with Crippen molar-refractivity contribution in [3.05, 3.63) is 42.4 Å². The van der Waals surface area contributed by atoms with E-state index < -0.39 is 46.9 Å². The Morgan fingerprint density at radius 2 is 1.86 bits per heavy atom. The van der Waals surface area contributed by atoms with Gasteiger partial charge in [0.1, 0.15) is 28.8 Å². The van der Waals surface area contributed by atoms with Crippen LogP contribution in [-0.2, 0) is 25.1 Å². The first-order valence-corrected chi connectivity index (χ1v) is 16.6. The molecule has 3 atom stereocenters. The molecule has 1 aromatic carbocycles. The quantitative estimate of drug-likeness (QED) is 0.243. The van der Waals surface area contributed by atoms with E-state index in [0.717, 1.165) is 0 Å². The van der Waals surface area contributed by atoms with E-state index in [1.165, 1.54) is 18.6 Å². The van der Waals surface area contributed by atoms with Crippen molar-refractivity contribution >= 4 is 52.5 Å². The van der Waals surface area contributed by atoms with Crippen LogP contribution in [0.5, 0.6) is 5.88 Å². The van der Waals surface area contributed by atoms with Gasteiger partial charge in [0.2, 0.25) is 11.7 Å². The molecule has 1 radical (unpaired) electrons. The van der Waals surface area contributed by atoms with Crippen LogP contribution in [0.4, 0.5) is 24.7 Å². The maximum absolute atomic E-state index is 14.1. The zero-order valence-electron chi connectivity index (χ0n) is 28.7. The summed E-state index contributed by atoms with van der Waals surface area (Å²) >= 11 is 0. The number of aliphatic carboxylic acids is 1. The number of hydrogen-bond donors (Lipinski definition) is 2. The summed E-state index contributed by atoms with van der Waals surface area (Å²) in [5.41, 5.74) is -1.31. The van der Waals surface area contributed by atoms with E-state index in [1.54, 1.807) is 52.0 Å². The third kappa shape index (κ3) is 6.34. The number of morpholine rings is 1. The average Bonchev–Trinajstić information content (AvgIpc) is 3.64. The number of fused-ring (bicyclic) bond motifs is 3. The van der Waals surface area contributed by atoms with Gasteiger partial charge >= 0.3 is 19.6 Å². The topological polar surface area (TPSA) is 153 Å². The highest BCUT2D eigenvalue weighted by Gasteiger charge is 2.51. The summed E-state index contributed by atoms with van der Waals surface area (Å²) in [6.45, 7) is 10.4. The summed E-state index contributed by atoms with van der Waals surface area (Å²) in [4.78, 5) is 28.2. The molecule has 4 aromatic rings. The van der Waals surface area contributed by atoms with Gasteiger partial charge in [-0.2, -0.15) is 13.2 Å². The molecule has 0 aliphatic carbocycles. The van der Waals surface area contributed by atoms with Crippen molar-refractivity contribution in [2.75, 3.05) is 42.7 Å². The first-order valence-electron chi connectivity index (χ1n) is 16.6. The lowest BCUT2D eigenvalue weighted by molar-refractivity contribution is -0.228. The zero-order valence-corrected chi connectivity index (χ0v) is 28.7. The number of hydrogen-bond acceptors (Lipinski definition) is 12. The predicted octanol–water partition coefficient (Wildman–Crippen LogP) is 3.71. The average molecular weight is 713 g/mol. The Kier molecular flexibility index (Phi) is 8.63. The molecule has 0 bridgehead atoms. The maximum atomic E-state index is 14.1. The number of carbonyl (C=O) groups is 1. The number of pyridine rings is 1. The number of carboxylic acids is 1. The molecule has 2 N–H and O–H groups in total. The highest BCUT2D eigenvalue weighted by Crippen LogP contribution is 2.41. The molecule has 6 heterocycles. The third-order valence-electron chi connectivity index (χ3n) is 10.3. The molecule has 1 spiro atoms. The molecule has 7 rings (SSSR count). The second-order valence-corrected chi connectivity index (χ2v) is 14.3. The fourth-order valence-electron chi connectivity index (χ4n) is 6.49. The highest BCUT2D eigenvalue weighted by molar-refractivity contribution is 6.47. The van der Waals surface area contributed by atoms with Crippen LogP contribution in [-0.4, -0.2) is 107 Å². The van der Waals surface area contributed by atoms with Gasteiger partial charge in [0.05, 0.1) is 49.3 Å². The fourth-order valence-corrected chi connectivity index (χ4v) is 6.49. The van der Waals surface area contributed by atoms with E-state index in [9.17, 15) is 28.2 Å². The molecule has 3 fully saturated rings. The van der Waals surface area contributed by atoms with Crippen LogP contribution in [0, 0.1) is 0 Å². The summed E-state index contributed by atoms with van der Waals surface area (Å²) in [6, 6.07) is 6.87. The van der Waals surface area contributed by atoms with Gasteiger partial charge in [-0.1, -0.05) is 12.1 Å². The van der Waals surface area contributed by atoms with Crippen molar-refractivity contribution in [2.24, 2.45) is 0 Å². The van der Waals surface area contributed by atoms with Gasteiger partial charge in [-0.05, 0) is 58.3 Å². The molecular weight excluding hydrogens is 674 g/mol. The van der Waals surface area contributed by atoms with E-state index >= 15 is 0 Å². The standard InChI is InChI=1S/C34H38BF3N5O8/c1-18-33(16-47-17-33)48-11-10-42(18)22-12-19(35-51-32(4,5)31(2,3)46)14-39-28(22)49-20-13-23(29(44)45)43(15-20)27-26-25(40-30(41-27)34(36,37)38)21-8-6-7-9-24(21)50-26/h6-9,12,14,18,20,23,46H,10-11,13,15-17H2,1-5H3,(H,44,45)/t18-,20?,23-/m0/s1. The van der Waals surface area contributed by atoms with E-state index in [4.69, 9.17) is 23.3 Å².